The smallest absolute Gasteiger partial charge is 0.325 e. The van der Waals surface area contributed by atoms with Gasteiger partial charge in [0, 0.05) is 12.5 Å². The van der Waals surface area contributed by atoms with E-state index < -0.39 is 70.4 Å². The summed E-state index contributed by atoms with van der Waals surface area (Å²) < 4.78 is 67.5. The Balaban J connectivity index is 1.91. The first kappa shape index (κ1) is 30.0. The van der Waals surface area contributed by atoms with E-state index in [2.05, 4.69) is 16.0 Å². The van der Waals surface area contributed by atoms with Crippen LogP contribution in [0.1, 0.15) is 69.2 Å². The molecule has 1 fully saturated rings. The molecule has 0 aliphatic heterocycles. The number of carbonyl (C=O) groups is 4. The van der Waals surface area contributed by atoms with Gasteiger partial charge in [0.25, 0.3) is 5.91 Å². The zero-order valence-electron chi connectivity index (χ0n) is 20.4. The third-order valence-electron chi connectivity index (χ3n) is 6.41. The van der Waals surface area contributed by atoms with Crippen molar-refractivity contribution >= 4 is 23.7 Å². The molecule has 2 atom stereocenters. The molecule has 1 aromatic rings. The van der Waals surface area contributed by atoms with Gasteiger partial charge in [-0.05, 0) is 44.9 Å². The van der Waals surface area contributed by atoms with E-state index in [1.165, 1.54) is 6.92 Å². The summed E-state index contributed by atoms with van der Waals surface area (Å²) in [5, 5.41) is 16.2. The van der Waals surface area contributed by atoms with Crippen LogP contribution >= 0.6 is 0 Å². The van der Waals surface area contributed by atoms with Crippen molar-refractivity contribution < 1.29 is 46.2 Å². The normalized spacial score (nSPS) is 19.0. The molecule has 2 rings (SSSR count). The molecule has 37 heavy (non-hydrogen) atoms. The zero-order chi connectivity index (χ0) is 27.9. The van der Waals surface area contributed by atoms with Crippen LogP contribution in [0.4, 0.5) is 22.0 Å². The predicted octanol–water partition coefficient (Wildman–Crippen LogP) is 3.18. The van der Waals surface area contributed by atoms with Crippen LogP contribution in [0.25, 0.3) is 0 Å². The van der Waals surface area contributed by atoms with Crippen LogP contribution in [-0.2, 0) is 14.4 Å². The number of nitrogens with one attached hydrogen (secondary N) is 3. The number of unbranched alkanes of at least 4 members (excludes halogenated alkanes) is 1. The first-order valence-corrected chi connectivity index (χ1v) is 12.0. The van der Waals surface area contributed by atoms with Crippen LogP contribution in [0.5, 0.6) is 0 Å². The van der Waals surface area contributed by atoms with Gasteiger partial charge in [0.15, 0.2) is 23.3 Å². The number of hydrogen-bond donors (Lipinski definition) is 4. The lowest BCUT2D eigenvalue weighted by Gasteiger charge is -2.29. The topological polar surface area (TPSA) is 125 Å². The maximum Gasteiger partial charge on any atom is 0.325 e. The summed E-state index contributed by atoms with van der Waals surface area (Å²) in [7, 11) is 0. The third kappa shape index (κ3) is 7.62. The van der Waals surface area contributed by atoms with Crippen LogP contribution in [0.2, 0.25) is 0 Å². The summed E-state index contributed by atoms with van der Waals surface area (Å²) in [4.78, 5) is 48.3. The molecule has 206 valence electrons. The minimum atomic E-state index is -2.35. The summed E-state index contributed by atoms with van der Waals surface area (Å²) in [6.07, 6.45) is 3.34. The molecule has 0 aromatic heterocycles. The highest BCUT2D eigenvalue weighted by atomic mass is 19.2. The predicted molar refractivity (Wildman–Crippen MR) is 121 cm³/mol. The second-order valence-corrected chi connectivity index (χ2v) is 9.14. The van der Waals surface area contributed by atoms with E-state index >= 15 is 0 Å². The molecule has 3 amide bonds. The molecule has 0 bridgehead atoms. The number of hydrogen-bond acceptors (Lipinski definition) is 4. The Morgan fingerprint density at radius 3 is 1.95 bits per heavy atom. The molecule has 0 radical (unpaired) electrons. The van der Waals surface area contributed by atoms with Crippen molar-refractivity contribution in [3.8, 4) is 0 Å². The summed E-state index contributed by atoms with van der Waals surface area (Å²) in [6, 6.07) is -2.02. The molecule has 0 unspecified atom stereocenters. The van der Waals surface area contributed by atoms with E-state index in [1.54, 1.807) is 0 Å². The fraction of sp³-hybridized carbons (Fsp3) is 0.583. The molecule has 4 N–H and O–H groups in total. The Labute approximate surface area is 210 Å². The Morgan fingerprint density at radius 1 is 0.892 bits per heavy atom. The fourth-order valence-corrected chi connectivity index (χ4v) is 4.10. The molecule has 13 heteroatoms. The van der Waals surface area contributed by atoms with Crippen molar-refractivity contribution in [2.24, 2.45) is 11.8 Å². The molecule has 1 aliphatic carbocycles. The van der Waals surface area contributed by atoms with Gasteiger partial charge in [0.1, 0.15) is 17.6 Å². The maximum absolute atomic E-state index is 13.8. The van der Waals surface area contributed by atoms with Gasteiger partial charge in [-0.1, -0.05) is 19.8 Å². The second-order valence-electron chi connectivity index (χ2n) is 9.14. The number of carbonyl (C=O) groups excluding carboxylic acids is 3. The lowest BCUT2D eigenvalue weighted by atomic mass is 9.81. The van der Waals surface area contributed by atoms with Crippen molar-refractivity contribution in [2.45, 2.75) is 70.9 Å². The second kappa shape index (κ2) is 13.3. The molecule has 0 heterocycles. The van der Waals surface area contributed by atoms with Crippen LogP contribution in [0, 0.1) is 40.9 Å². The van der Waals surface area contributed by atoms with Gasteiger partial charge < -0.3 is 21.1 Å². The monoisotopic (exact) mass is 535 g/mol. The Bertz CT molecular complexity index is 1000. The van der Waals surface area contributed by atoms with Gasteiger partial charge in [-0.2, -0.15) is 0 Å². The Morgan fingerprint density at radius 2 is 1.43 bits per heavy atom. The molecular formula is C24H30F5N3O5. The number of carboxylic acids is 1. The highest BCUT2D eigenvalue weighted by Crippen LogP contribution is 2.29. The average Bonchev–Trinajstić information content (AvgIpc) is 2.87. The highest BCUT2D eigenvalue weighted by molar-refractivity contribution is 5.95. The largest absolute Gasteiger partial charge is 0.480 e. The summed E-state index contributed by atoms with van der Waals surface area (Å²) >= 11 is 0. The molecule has 1 aromatic carbocycles. The van der Waals surface area contributed by atoms with Gasteiger partial charge in [0.2, 0.25) is 17.6 Å². The number of benzene rings is 1. The van der Waals surface area contributed by atoms with Gasteiger partial charge in [-0.25, -0.2) is 22.0 Å². The lowest BCUT2D eigenvalue weighted by Crippen LogP contribution is -2.52. The molecule has 8 nitrogen and oxygen atoms in total. The number of rotatable bonds is 11. The van der Waals surface area contributed by atoms with Gasteiger partial charge in [0.05, 0.1) is 0 Å². The van der Waals surface area contributed by atoms with Gasteiger partial charge in [-0.15, -0.1) is 0 Å². The number of aliphatic carboxylic acids is 1. The van der Waals surface area contributed by atoms with E-state index in [0.29, 0.717) is 38.5 Å². The van der Waals surface area contributed by atoms with Gasteiger partial charge in [-0.3, -0.25) is 19.2 Å². The van der Waals surface area contributed by atoms with Crippen LogP contribution in [-0.4, -0.2) is 47.4 Å². The first-order valence-electron chi connectivity index (χ1n) is 12.0. The van der Waals surface area contributed by atoms with Crippen LogP contribution < -0.4 is 16.0 Å². The van der Waals surface area contributed by atoms with Crippen molar-refractivity contribution in [1.29, 1.82) is 0 Å². The fourth-order valence-electron chi connectivity index (χ4n) is 4.10. The van der Waals surface area contributed by atoms with E-state index in [9.17, 15) is 41.1 Å². The standard InChI is InChI=1S/C24H30F5N3O5/c1-3-4-5-14(22(34)31-11(2)24(36)37)32-21(33)13-8-6-12(7-9-13)10-30-23(35)15-16(25)18(27)20(29)19(28)17(15)26/h11-14H,3-10H2,1-2H3,(H,30,35)(H,31,34)(H,32,33)(H,36,37)/t11-,12?,13?,14-/m0/s1. The molecule has 1 aliphatic rings. The van der Waals surface area contributed by atoms with E-state index in [4.69, 9.17) is 5.11 Å². The summed E-state index contributed by atoms with van der Waals surface area (Å²) in [5.41, 5.74) is -1.56. The van der Waals surface area contributed by atoms with Crippen LogP contribution in [0.15, 0.2) is 0 Å². The zero-order valence-corrected chi connectivity index (χ0v) is 20.4. The van der Waals surface area contributed by atoms with E-state index in [0.717, 1.165) is 6.42 Å². The number of carboxylic acid groups (broad SMARTS) is 1. The van der Waals surface area contributed by atoms with Crippen molar-refractivity contribution in [2.75, 3.05) is 6.54 Å². The molecule has 0 spiro atoms. The minimum Gasteiger partial charge on any atom is -0.480 e. The average molecular weight is 536 g/mol. The Hall–Kier alpha value is -3.25. The minimum absolute atomic E-state index is 0.0960. The number of halogens is 5. The van der Waals surface area contributed by atoms with Crippen molar-refractivity contribution in [3.63, 3.8) is 0 Å². The van der Waals surface area contributed by atoms with Gasteiger partial charge >= 0.3 is 5.97 Å². The quantitative estimate of drug-likeness (QED) is 0.197. The molecule has 0 saturated heterocycles. The first-order chi connectivity index (χ1) is 17.4. The SMILES string of the molecule is CCCC[C@H](NC(=O)C1CCC(CNC(=O)c2c(F)c(F)c(F)c(F)c2F)CC1)C(=O)N[C@@H](C)C(=O)O. The molecule has 1 saturated carbocycles. The highest BCUT2D eigenvalue weighted by Gasteiger charge is 2.32. The third-order valence-corrected chi connectivity index (χ3v) is 6.41. The van der Waals surface area contributed by atoms with E-state index in [-0.39, 0.29) is 18.4 Å². The lowest BCUT2D eigenvalue weighted by molar-refractivity contribution is -0.141. The number of amides is 3. The van der Waals surface area contributed by atoms with E-state index in [1.807, 2.05) is 6.92 Å². The van der Waals surface area contributed by atoms with Crippen molar-refractivity contribution in [3.05, 3.63) is 34.6 Å². The van der Waals surface area contributed by atoms with Crippen molar-refractivity contribution in [1.82, 2.24) is 16.0 Å². The molecular weight excluding hydrogens is 505 g/mol. The Kier molecular flexibility index (Phi) is 10.8. The summed E-state index contributed by atoms with van der Waals surface area (Å²) in [6.45, 7) is 3.12. The van der Waals surface area contributed by atoms with Crippen LogP contribution in [0.3, 0.4) is 0 Å². The maximum atomic E-state index is 13.8. The summed E-state index contributed by atoms with van der Waals surface area (Å²) in [5.74, 6) is -15.5.